The summed E-state index contributed by atoms with van der Waals surface area (Å²) in [5.74, 6) is 0. The minimum Gasteiger partial charge on any atom is -0.378 e. The molecule has 0 saturated carbocycles. The number of para-hydroxylation sites is 1. The number of likely N-dealkylation sites (tertiary alicyclic amines) is 1. The van der Waals surface area contributed by atoms with Crippen molar-refractivity contribution in [2.45, 2.75) is 38.8 Å². The number of fused-ring (bicyclic) bond motifs is 1. The first kappa shape index (κ1) is 14.6. The number of benzene rings is 1. The van der Waals surface area contributed by atoms with E-state index in [1.165, 1.54) is 36.8 Å². The van der Waals surface area contributed by atoms with Crippen LogP contribution in [0.2, 0.25) is 0 Å². The Hall–Kier alpha value is -1.32. The van der Waals surface area contributed by atoms with E-state index >= 15 is 0 Å². The molecule has 1 aromatic carbocycles. The van der Waals surface area contributed by atoms with Crippen molar-refractivity contribution in [2.75, 3.05) is 26.2 Å². The Bertz CT molecular complexity index is 555. The number of piperidine rings is 1. The average Bonchev–Trinajstić information content (AvgIpc) is 2.95. The first-order chi connectivity index (χ1) is 10.4. The van der Waals surface area contributed by atoms with Crippen molar-refractivity contribution in [3.8, 4) is 0 Å². The number of hydrogen-bond acceptors (Lipinski definition) is 2. The van der Waals surface area contributed by atoms with Gasteiger partial charge in [0, 0.05) is 44.5 Å². The molecule has 3 rings (SSSR count). The largest absolute Gasteiger partial charge is 0.378 e. The van der Waals surface area contributed by atoms with Gasteiger partial charge in [0.15, 0.2) is 0 Å². The van der Waals surface area contributed by atoms with Crippen LogP contribution in [0, 0.1) is 0 Å². The molecule has 0 aliphatic carbocycles. The highest BCUT2D eigenvalue weighted by molar-refractivity contribution is 5.79. The van der Waals surface area contributed by atoms with Crippen LogP contribution in [0.5, 0.6) is 0 Å². The van der Waals surface area contributed by atoms with Crippen molar-refractivity contribution in [3.63, 3.8) is 0 Å². The molecule has 114 valence electrons. The van der Waals surface area contributed by atoms with E-state index in [0.29, 0.717) is 6.10 Å². The van der Waals surface area contributed by atoms with Gasteiger partial charge in [0.05, 0.1) is 6.10 Å². The lowest BCUT2D eigenvalue weighted by atomic mass is 10.1. The smallest absolute Gasteiger partial charge is 0.0599 e. The molecule has 3 heteroatoms. The zero-order valence-corrected chi connectivity index (χ0v) is 13.0. The predicted molar refractivity (Wildman–Crippen MR) is 87.6 cm³/mol. The minimum absolute atomic E-state index is 0.494. The van der Waals surface area contributed by atoms with Crippen molar-refractivity contribution < 1.29 is 4.74 Å². The van der Waals surface area contributed by atoms with Gasteiger partial charge in [-0.2, -0.15) is 0 Å². The Morgan fingerprint density at radius 3 is 2.71 bits per heavy atom. The summed E-state index contributed by atoms with van der Waals surface area (Å²) in [6, 6.07) is 10.8. The Labute approximate surface area is 127 Å². The van der Waals surface area contributed by atoms with Crippen molar-refractivity contribution in [1.82, 2.24) is 9.47 Å². The van der Waals surface area contributed by atoms with Gasteiger partial charge in [-0.3, -0.25) is 0 Å². The number of rotatable bonds is 6. The molecule has 0 N–H and O–H groups in total. The van der Waals surface area contributed by atoms with E-state index in [1.54, 1.807) is 0 Å². The maximum absolute atomic E-state index is 5.86. The van der Waals surface area contributed by atoms with Crippen molar-refractivity contribution in [3.05, 3.63) is 36.5 Å². The molecular formula is C18H26N2O. The molecule has 0 spiro atoms. The summed E-state index contributed by atoms with van der Waals surface area (Å²) in [5, 5.41) is 1.34. The summed E-state index contributed by atoms with van der Waals surface area (Å²) in [4.78, 5) is 2.57. The van der Waals surface area contributed by atoms with Crippen molar-refractivity contribution >= 4 is 10.9 Å². The molecule has 0 atom stereocenters. The normalized spacial score (nSPS) is 17.6. The summed E-state index contributed by atoms with van der Waals surface area (Å²) < 4.78 is 8.23. The highest BCUT2D eigenvalue weighted by Crippen LogP contribution is 2.17. The molecule has 0 radical (unpaired) electrons. The van der Waals surface area contributed by atoms with Crippen LogP contribution in [0.3, 0.4) is 0 Å². The molecule has 1 saturated heterocycles. The third kappa shape index (κ3) is 3.66. The van der Waals surface area contributed by atoms with Crippen LogP contribution in [0.4, 0.5) is 0 Å². The van der Waals surface area contributed by atoms with E-state index in [0.717, 1.165) is 26.1 Å². The molecule has 0 unspecified atom stereocenters. The van der Waals surface area contributed by atoms with E-state index in [-0.39, 0.29) is 0 Å². The van der Waals surface area contributed by atoms with Crippen LogP contribution in [-0.2, 0) is 11.3 Å². The van der Waals surface area contributed by atoms with E-state index in [9.17, 15) is 0 Å². The van der Waals surface area contributed by atoms with Gasteiger partial charge >= 0.3 is 0 Å². The second-order valence-corrected chi connectivity index (χ2v) is 5.98. The first-order valence-electron chi connectivity index (χ1n) is 8.24. The summed E-state index contributed by atoms with van der Waals surface area (Å²) in [5.41, 5.74) is 1.35. The molecule has 1 aromatic heterocycles. The van der Waals surface area contributed by atoms with Crippen LogP contribution >= 0.6 is 0 Å². The molecule has 2 aromatic rings. The summed E-state index contributed by atoms with van der Waals surface area (Å²) >= 11 is 0. The van der Waals surface area contributed by atoms with Gasteiger partial charge in [0.1, 0.15) is 0 Å². The van der Waals surface area contributed by atoms with Crippen LogP contribution in [0.25, 0.3) is 10.9 Å². The molecule has 0 amide bonds. The van der Waals surface area contributed by atoms with Gasteiger partial charge in [-0.1, -0.05) is 25.1 Å². The molecular weight excluding hydrogens is 260 g/mol. The summed E-state index contributed by atoms with van der Waals surface area (Å²) in [6.07, 6.45) is 6.20. The van der Waals surface area contributed by atoms with E-state index in [2.05, 4.69) is 52.9 Å². The molecule has 0 bridgehead atoms. The molecule has 21 heavy (non-hydrogen) atoms. The third-order valence-electron chi connectivity index (χ3n) is 4.43. The van der Waals surface area contributed by atoms with Gasteiger partial charge in [-0.15, -0.1) is 0 Å². The lowest BCUT2D eigenvalue weighted by Gasteiger charge is -2.32. The number of ether oxygens (including phenoxy) is 1. The first-order valence-corrected chi connectivity index (χ1v) is 8.24. The average molecular weight is 286 g/mol. The van der Waals surface area contributed by atoms with Crippen LogP contribution in [0.15, 0.2) is 36.5 Å². The number of aromatic nitrogens is 1. The van der Waals surface area contributed by atoms with Crippen molar-refractivity contribution in [1.29, 1.82) is 0 Å². The second-order valence-electron chi connectivity index (χ2n) is 5.98. The quantitative estimate of drug-likeness (QED) is 0.808. The SMILES string of the molecule is CCCOC1CCN(CCn2ccc3ccccc32)CC1. The van der Waals surface area contributed by atoms with E-state index < -0.39 is 0 Å². The predicted octanol–water partition coefficient (Wildman–Crippen LogP) is 3.53. The van der Waals surface area contributed by atoms with Gasteiger partial charge in [-0.25, -0.2) is 0 Å². The highest BCUT2D eigenvalue weighted by atomic mass is 16.5. The fourth-order valence-electron chi connectivity index (χ4n) is 3.17. The van der Waals surface area contributed by atoms with Crippen LogP contribution in [0.1, 0.15) is 26.2 Å². The molecule has 3 nitrogen and oxygen atoms in total. The van der Waals surface area contributed by atoms with E-state index in [4.69, 9.17) is 4.74 Å². The zero-order chi connectivity index (χ0) is 14.5. The van der Waals surface area contributed by atoms with Gasteiger partial charge in [-0.05, 0) is 36.8 Å². The Kier molecular flexibility index (Phi) is 4.94. The maximum Gasteiger partial charge on any atom is 0.0599 e. The number of nitrogens with zero attached hydrogens (tertiary/aromatic N) is 2. The molecule has 1 aliphatic heterocycles. The highest BCUT2D eigenvalue weighted by Gasteiger charge is 2.19. The molecule has 1 aliphatic rings. The van der Waals surface area contributed by atoms with Gasteiger partial charge < -0.3 is 14.2 Å². The topological polar surface area (TPSA) is 17.4 Å². The van der Waals surface area contributed by atoms with Crippen molar-refractivity contribution in [2.24, 2.45) is 0 Å². The Morgan fingerprint density at radius 1 is 1.10 bits per heavy atom. The van der Waals surface area contributed by atoms with Crippen LogP contribution in [-0.4, -0.2) is 41.8 Å². The molecule has 1 fully saturated rings. The fraction of sp³-hybridized carbons (Fsp3) is 0.556. The zero-order valence-electron chi connectivity index (χ0n) is 13.0. The monoisotopic (exact) mass is 286 g/mol. The lowest BCUT2D eigenvalue weighted by Crippen LogP contribution is -2.38. The number of hydrogen-bond donors (Lipinski definition) is 0. The maximum atomic E-state index is 5.86. The van der Waals surface area contributed by atoms with Gasteiger partial charge in [0.25, 0.3) is 0 Å². The second kappa shape index (κ2) is 7.10. The standard InChI is InChI=1S/C18H26N2O/c1-2-15-21-17-8-10-19(11-9-17)13-14-20-12-7-16-5-3-4-6-18(16)20/h3-7,12,17H,2,8-11,13-15H2,1H3. The third-order valence-corrected chi connectivity index (χ3v) is 4.43. The summed E-state index contributed by atoms with van der Waals surface area (Å²) in [6.45, 7) is 7.66. The van der Waals surface area contributed by atoms with Gasteiger partial charge in [0.2, 0.25) is 0 Å². The Morgan fingerprint density at radius 2 is 1.90 bits per heavy atom. The fourth-order valence-corrected chi connectivity index (χ4v) is 3.17. The molecule has 2 heterocycles. The summed E-state index contributed by atoms with van der Waals surface area (Å²) in [7, 11) is 0. The Balaban J connectivity index is 1.48. The minimum atomic E-state index is 0.494. The lowest BCUT2D eigenvalue weighted by molar-refractivity contribution is 0.00741. The van der Waals surface area contributed by atoms with Crippen LogP contribution < -0.4 is 0 Å². The van der Waals surface area contributed by atoms with E-state index in [1.807, 2.05) is 0 Å².